The molecular weight excluding hydrogens is 446 g/mol. The van der Waals surface area contributed by atoms with Crippen LogP contribution in [0.1, 0.15) is 34.5 Å². The van der Waals surface area contributed by atoms with Crippen LogP contribution in [0.4, 0.5) is 0 Å². The number of likely N-dealkylation sites (tertiary alicyclic amines) is 1. The average Bonchev–Trinajstić information content (AvgIpc) is 3.57. The van der Waals surface area contributed by atoms with E-state index in [-0.39, 0.29) is 12.5 Å². The van der Waals surface area contributed by atoms with Crippen molar-refractivity contribution in [2.75, 3.05) is 39.3 Å². The lowest BCUT2D eigenvalue weighted by Gasteiger charge is -2.35. The molecule has 35 heavy (non-hydrogen) atoms. The molecule has 0 atom stereocenters. The molecule has 0 saturated carbocycles. The molecule has 9 nitrogen and oxygen atoms in total. The quantitative estimate of drug-likeness (QED) is 0.540. The van der Waals surface area contributed by atoms with Crippen LogP contribution in [-0.4, -0.2) is 81.1 Å². The van der Waals surface area contributed by atoms with Crippen LogP contribution >= 0.6 is 0 Å². The number of para-hydroxylation sites is 1. The molecule has 0 unspecified atom stereocenters. The van der Waals surface area contributed by atoms with Gasteiger partial charge < -0.3 is 23.8 Å². The molecule has 0 aliphatic carbocycles. The zero-order valence-corrected chi connectivity index (χ0v) is 19.9. The minimum atomic E-state index is -0.467. The molecule has 2 fully saturated rings. The number of aryl methyl sites for hydroxylation is 1. The van der Waals surface area contributed by atoms with E-state index in [9.17, 15) is 14.4 Å². The number of ether oxygens (including phenoxy) is 1. The highest BCUT2D eigenvalue weighted by atomic mass is 16.5. The van der Waals surface area contributed by atoms with E-state index in [1.165, 1.54) is 0 Å². The van der Waals surface area contributed by atoms with E-state index < -0.39 is 11.8 Å². The Morgan fingerprint density at radius 2 is 1.51 bits per heavy atom. The van der Waals surface area contributed by atoms with Crippen LogP contribution in [0.3, 0.4) is 0 Å². The van der Waals surface area contributed by atoms with Gasteiger partial charge in [0.05, 0.1) is 11.3 Å². The van der Waals surface area contributed by atoms with Crippen LogP contribution in [0.5, 0.6) is 5.75 Å². The molecule has 9 heteroatoms. The first-order valence-corrected chi connectivity index (χ1v) is 12.0. The smallest absolute Gasteiger partial charge is 0.312 e. The van der Waals surface area contributed by atoms with Crippen LogP contribution in [0.25, 0.3) is 5.65 Å². The van der Waals surface area contributed by atoms with Gasteiger partial charge in [-0.05, 0) is 43.5 Å². The molecule has 0 spiro atoms. The number of hydrogen-bond donors (Lipinski definition) is 0. The normalized spacial score (nSPS) is 16.1. The van der Waals surface area contributed by atoms with Gasteiger partial charge in [-0.1, -0.05) is 18.2 Å². The Kier molecular flexibility index (Phi) is 6.39. The molecular formula is C26H29N5O4. The van der Waals surface area contributed by atoms with Crippen LogP contribution in [0.15, 0.2) is 48.8 Å². The van der Waals surface area contributed by atoms with Crippen molar-refractivity contribution in [3.63, 3.8) is 0 Å². The van der Waals surface area contributed by atoms with E-state index >= 15 is 0 Å². The molecule has 3 aromatic rings. The maximum Gasteiger partial charge on any atom is 0.312 e. The lowest BCUT2D eigenvalue weighted by molar-refractivity contribution is -0.152. The lowest BCUT2D eigenvalue weighted by Crippen LogP contribution is -2.54. The van der Waals surface area contributed by atoms with Gasteiger partial charge in [0, 0.05) is 51.7 Å². The highest BCUT2D eigenvalue weighted by Crippen LogP contribution is 2.22. The molecule has 182 valence electrons. The molecule has 0 bridgehead atoms. The number of rotatable bonds is 4. The summed E-state index contributed by atoms with van der Waals surface area (Å²) >= 11 is 0. The summed E-state index contributed by atoms with van der Waals surface area (Å²) in [4.78, 5) is 47.8. The molecule has 2 saturated heterocycles. The van der Waals surface area contributed by atoms with Gasteiger partial charge in [0.2, 0.25) is 0 Å². The number of carbonyl (C=O) groups is 3. The molecule has 2 aliphatic rings. The first-order valence-electron chi connectivity index (χ1n) is 12.0. The maximum absolute atomic E-state index is 13.3. The summed E-state index contributed by atoms with van der Waals surface area (Å²) in [6.07, 6.45) is 5.75. The van der Waals surface area contributed by atoms with Crippen molar-refractivity contribution in [3.05, 3.63) is 65.6 Å². The summed E-state index contributed by atoms with van der Waals surface area (Å²) in [5.74, 6) is -0.549. The van der Waals surface area contributed by atoms with Crippen molar-refractivity contribution in [2.24, 2.45) is 0 Å². The Morgan fingerprint density at radius 3 is 2.23 bits per heavy atom. The summed E-state index contributed by atoms with van der Waals surface area (Å²) in [5, 5.41) is 0. The highest BCUT2D eigenvalue weighted by Gasteiger charge is 2.32. The Morgan fingerprint density at radius 1 is 0.857 bits per heavy atom. The zero-order chi connectivity index (χ0) is 24.4. The van der Waals surface area contributed by atoms with Crippen molar-refractivity contribution < 1.29 is 19.1 Å². The largest absolute Gasteiger partial charge is 0.486 e. The average molecular weight is 476 g/mol. The molecule has 4 heterocycles. The van der Waals surface area contributed by atoms with E-state index in [1.807, 2.05) is 48.0 Å². The topological polar surface area (TPSA) is 87.5 Å². The Bertz CT molecular complexity index is 1260. The van der Waals surface area contributed by atoms with Gasteiger partial charge in [0.1, 0.15) is 18.0 Å². The SMILES string of the molecule is Cc1cccn2cc(COc3ccccc3C(=O)N3CCN(C(=O)C(=O)N4CCCC4)CC3)nc12. The number of piperazine rings is 1. The molecule has 3 amide bonds. The van der Waals surface area contributed by atoms with Gasteiger partial charge in [0.25, 0.3) is 5.91 Å². The molecule has 5 rings (SSSR count). The number of hydrogen-bond acceptors (Lipinski definition) is 5. The van der Waals surface area contributed by atoms with Crippen molar-refractivity contribution >= 4 is 23.4 Å². The maximum atomic E-state index is 13.3. The summed E-state index contributed by atoms with van der Waals surface area (Å²) in [7, 11) is 0. The number of benzene rings is 1. The predicted molar refractivity (Wildman–Crippen MR) is 129 cm³/mol. The molecule has 2 aromatic heterocycles. The third-order valence-electron chi connectivity index (χ3n) is 6.65. The van der Waals surface area contributed by atoms with Crippen molar-refractivity contribution in [2.45, 2.75) is 26.4 Å². The molecule has 0 N–H and O–H groups in total. The lowest BCUT2D eigenvalue weighted by atomic mass is 10.1. The third kappa shape index (κ3) is 4.71. The van der Waals surface area contributed by atoms with E-state index in [1.54, 1.807) is 26.8 Å². The minimum absolute atomic E-state index is 0.149. The van der Waals surface area contributed by atoms with Crippen LogP contribution in [0.2, 0.25) is 0 Å². The van der Waals surface area contributed by atoms with Crippen molar-refractivity contribution in [1.29, 1.82) is 0 Å². The molecule has 0 radical (unpaired) electrons. The predicted octanol–water partition coefficient (Wildman–Crippen LogP) is 2.13. The summed E-state index contributed by atoms with van der Waals surface area (Å²) in [5.41, 5.74) is 3.21. The number of pyridine rings is 1. The first kappa shape index (κ1) is 22.9. The monoisotopic (exact) mass is 475 g/mol. The van der Waals surface area contributed by atoms with Gasteiger partial charge in [0.15, 0.2) is 0 Å². The minimum Gasteiger partial charge on any atom is -0.486 e. The van der Waals surface area contributed by atoms with Crippen molar-refractivity contribution in [1.82, 2.24) is 24.1 Å². The fourth-order valence-corrected chi connectivity index (χ4v) is 4.67. The van der Waals surface area contributed by atoms with Gasteiger partial charge in [-0.25, -0.2) is 4.98 Å². The number of carbonyl (C=O) groups excluding carboxylic acids is 3. The Hall–Kier alpha value is -3.88. The fraction of sp³-hybridized carbons (Fsp3) is 0.385. The van der Waals surface area contributed by atoms with Crippen LogP contribution in [-0.2, 0) is 16.2 Å². The summed E-state index contributed by atoms with van der Waals surface area (Å²) in [6, 6.07) is 11.2. The number of amides is 3. The Balaban J connectivity index is 1.21. The standard InChI is InChI=1S/C26H29N5O4/c1-19-7-6-12-31-17-20(27-23(19)31)18-35-22-9-3-2-8-21(22)24(32)29-13-15-30(16-14-29)26(34)25(33)28-10-4-5-11-28/h2-3,6-9,12,17H,4-5,10-11,13-16,18H2,1H3. The van der Waals surface area contributed by atoms with E-state index in [0.29, 0.717) is 50.6 Å². The summed E-state index contributed by atoms with van der Waals surface area (Å²) in [6.45, 7) is 4.98. The van der Waals surface area contributed by atoms with E-state index in [2.05, 4.69) is 4.98 Å². The number of imidazole rings is 1. The van der Waals surface area contributed by atoms with Gasteiger partial charge >= 0.3 is 11.8 Å². The van der Waals surface area contributed by atoms with E-state index in [4.69, 9.17) is 4.74 Å². The second-order valence-electron chi connectivity index (χ2n) is 9.02. The fourth-order valence-electron chi connectivity index (χ4n) is 4.67. The number of fused-ring (bicyclic) bond motifs is 1. The Labute approximate surface area is 203 Å². The van der Waals surface area contributed by atoms with Gasteiger partial charge in [-0.2, -0.15) is 0 Å². The number of aromatic nitrogens is 2. The second-order valence-corrected chi connectivity index (χ2v) is 9.02. The molecule has 1 aromatic carbocycles. The zero-order valence-electron chi connectivity index (χ0n) is 19.9. The van der Waals surface area contributed by atoms with E-state index in [0.717, 1.165) is 29.7 Å². The van der Waals surface area contributed by atoms with Gasteiger partial charge in [-0.15, -0.1) is 0 Å². The first-order chi connectivity index (χ1) is 17.0. The third-order valence-corrected chi connectivity index (χ3v) is 6.65. The van der Waals surface area contributed by atoms with Gasteiger partial charge in [-0.3, -0.25) is 14.4 Å². The van der Waals surface area contributed by atoms with Crippen molar-refractivity contribution in [3.8, 4) is 5.75 Å². The van der Waals surface area contributed by atoms with Crippen LogP contribution in [0, 0.1) is 6.92 Å². The number of nitrogens with zero attached hydrogens (tertiary/aromatic N) is 5. The van der Waals surface area contributed by atoms with Crippen LogP contribution < -0.4 is 4.74 Å². The second kappa shape index (κ2) is 9.77. The molecule has 2 aliphatic heterocycles. The summed E-state index contributed by atoms with van der Waals surface area (Å²) < 4.78 is 7.97. The highest BCUT2D eigenvalue weighted by molar-refractivity contribution is 6.35.